The van der Waals surface area contributed by atoms with Crippen LogP contribution in [0.2, 0.25) is 5.02 Å². The van der Waals surface area contributed by atoms with Crippen LogP contribution in [0.5, 0.6) is 0 Å². The summed E-state index contributed by atoms with van der Waals surface area (Å²) in [4.78, 5) is 7.31. The van der Waals surface area contributed by atoms with Gasteiger partial charge in [0, 0.05) is 24.0 Å². The van der Waals surface area contributed by atoms with E-state index < -0.39 is 0 Å². The molecule has 0 amide bonds. The number of hydrogen-bond donors (Lipinski definition) is 1. The van der Waals surface area contributed by atoms with Crippen molar-refractivity contribution in [2.24, 2.45) is 0 Å². The lowest BCUT2D eigenvalue weighted by atomic mass is 10.2. The number of rotatable bonds is 3. The van der Waals surface area contributed by atoms with Crippen LogP contribution in [0.15, 0.2) is 42.7 Å². The summed E-state index contributed by atoms with van der Waals surface area (Å²) in [5.74, 6) is 0. The van der Waals surface area contributed by atoms with E-state index in [2.05, 4.69) is 20.6 Å². The second-order valence-electron chi connectivity index (χ2n) is 4.35. The molecule has 0 saturated heterocycles. The van der Waals surface area contributed by atoms with Crippen molar-refractivity contribution >= 4 is 34.9 Å². The third-order valence-corrected chi connectivity index (χ3v) is 3.64. The molecule has 1 aromatic carbocycles. The van der Waals surface area contributed by atoms with Gasteiger partial charge in [-0.1, -0.05) is 17.7 Å². The van der Waals surface area contributed by atoms with Crippen LogP contribution in [0.1, 0.15) is 5.56 Å². The summed E-state index contributed by atoms with van der Waals surface area (Å²) in [6.07, 6.45) is 4.55. The van der Waals surface area contributed by atoms with Gasteiger partial charge in [0.2, 0.25) is 0 Å². The minimum Gasteiger partial charge on any atom is -0.331 e. The minimum absolute atomic E-state index is 0.719. The predicted octanol–water partition coefficient (Wildman–Crippen LogP) is 3.99. The van der Waals surface area contributed by atoms with Crippen molar-refractivity contribution in [2.45, 2.75) is 13.0 Å². The first-order chi connectivity index (χ1) is 9.24. The van der Waals surface area contributed by atoms with E-state index in [0.29, 0.717) is 0 Å². The molecule has 0 spiro atoms. The quantitative estimate of drug-likeness (QED) is 0.740. The van der Waals surface area contributed by atoms with Crippen LogP contribution in [-0.4, -0.2) is 14.5 Å². The lowest BCUT2D eigenvalue weighted by molar-refractivity contribution is 0.705. The summed E-state index contributed by atoms with van der Waals surface area (Å²) in [7, 11) is 0. The highest BCUT2D eigenvalue weighted by Gasteiger charge is 2.05. The lowest BCUT2D eigenvalue weighted by Crippen LogP contribution is -2.01. The second kappa shape index (κ2) is 5.15. The third-order valence-electron chi connectivity index (χ3n) is 3.08. The first-order valence-electron chi connectivity index (χ1n) is 6.01. The summed E-state index contributed by atoms with van der Waals surface area (Å²) in [6.45, 7) is 0.810. The Bertz CT molecular complexity index is 761. The molecule has 1 N–H and O–H groups in total. The molecule has 3 rings (SSSR count). The molecule has 19 heavy (non-hydrogen) atoms. The maximum atomic E-state index is 6.05. The molecule has 96 valence electrons. The highest BCUT2D eigenvalue weighted by Crippen LogP contribution is 2.19. The maximum absolute atomic E-state index is 6.05. The Morgan fingerprint density at radius 3 is 3.00 bits per heavy atom. The van der Waals surface area contributed by atoms with E-state index in [1.165, 1.54) is 5.56 Å². The van der Waals surface area contributed by atoms with E-state index in [9.17, 15) is 0 Å². The van der Waals surface area contributed by atoms with Crippen molar-refractivity contribution in [3.63, 3.8) is 0 Å². The fourth-order valence-corrected chi connectivity index (χ4v) is 2.60. The van der Waals surface area contributed by atoms with Gasteiger partial charge in [0.25, 0.3) is 0 Å². The molecule has 0 saturated carbocycles. The highest BCUT2D eigenvalue weighted by molar-refractivity contribution is 7.71. The van der Waals surface area contributed by atoms with Crippen LogP contribution < -0.4 is 0 Å². The lowest BCUT2D eigenvalue weighted by Gasteiger charge is -2.04. The Morgan fingerprint density at radius 1 is 1.32 bits per heavy atom. The first kappa shape index (κ1) is 12.4. The van der Waals surface area contributed by atoms with Gasteiger partial charge in [-0.2, -0.15) is 0 Å². The van der Waals surface area contributed by atoms with E-state index in [4.69, 9.17) is 23.8 Å². The fourth-order valence-electron chi connectivity index (χ4n) is 2.13. The van der Waals surface area contributed by atoms with Gasteiger partial charge >= 0.3 is 0 Å². The van der Waals surface area contributed by atoms with E-state index in [-0.39, 0.29) is 0 Å². The molecular formula is C14H12ClN3S. The normalized spacial score (nSPS) is 11.0. The van der Waals surface area contributed by atoms with Crippen molar-refractivity contribution < 1.29 is 0 Å². The van der Waals surface area contributed by atoms with Crippen molar-refractivity contribution in [1.29, 1.82) is 0 Å². The molecule has 2 aromatic heterocycles. The predicted molar refractivity (Wildman–Crippen MR) is 80.1 cm³/mol. The van der Waals surface area contributed by atoms with E-state index in [1.807, 2.05) is 30.5 Å². The van der Waals surface area contributed by atoms with Gasteiger partial charge in [-0.05, 0) is 48.5 Å². The zero-order valence-electron chi connectivity index (χ0n) is 10.1. The van der Waals surface area contributed by atoms with Crippen LogP contribution in [0, 0.1) is 4.77 Å². The summed E-state index contributed by atoms with van der Waals surface area (Å²) in [6, 6.07) is 9.76. The van der Waals surface area contributed by atoms with Crippen LogP contribution in [-0.2, 0) is 13.0 Å². The number of pyridine rings is 1. The first-order valence-corrected chi connectivity index (χ1v) is 6.79. The Labute approximate surface area is 120 Å². The molecular weight excluding hydrogens is 278 g/mol. The minimum atomic E-state index is 0.719. The molecule has 0 radical (unpaired) electrons. The van der Waals surface area contributed by atoms with Crippen LogP contribution in [0.4, 0.5) is 0 Å². The fraction of sp³-hybridized carbons (Fsp3) is 0.143. The number of nitrogens with one attached hydrogen (secondary N) is 1. The monoisotopic (exact) mass is 289 g/mol. The molecule has 0 unspecified atom stereocenters. The van der Waals surface area contributed by atoms with Crippen LogP contribution in [0.25, 0.3) is 11.0 Å². The molecule has 2 heterocycles. The van der Waals surface area contributed by atoms with E-state index >= 15 is 0 Å². The van der Waals surface area contributed by atoms with E-state index in [0.717, 1.165) is 33.8 Å². The van der Waals surface area contributed by atoms with Gasteiger partial charge in [0.1, 0.15) is 0 Å². The van der Waals surface area contributed by atoms with Gasteiger partial charge in [-0.25, -0.2) is 0 Å². The number of H-pyrrole nitrogens is 1. The number of hydrogen-bond acceptors (Lipinski definition) is 2. The molecule has 0 aliphatic rings. The molecule has 0 fully saturated rings. The third kappa shape index (κ3) is 2.55. The number of imidazole rings is 1. The number of halogens is 1. The standard InChI is InChI=1S/C14H12ClN3S/c15-11-3-4-12-13(8-11)18(14(19)17-12)7-5-10-2-1-6-16-9-10/h1-4,6,8-9H,5,7H2,(H,17,19). The number of nitrogens with zero attached hydrogens (tertiary/aromatic N) is 2. The number of aryl methyl sites for hydroxylation is 2. The molecule has 3 aromatic rings. The van der Waals surface area contributed by atoms with Crippen molar-refractivity contribution in [3.05, 3.63) is 58.1 Å². The van der Waals surface area contributed by atoms with Crippen LogP contribution in [0.3, 0.4) is 0 Å². The Morgan fingerprint density at radius 2 is 2.21 bits per heavy atom. The van der Waals surface area contributed by atoms with Gasteiger partial charge in [-0.3, -0.25) is 4.98 Å². The second-order valence-corrected chi connectivity index (χ2v) is 5.18. The number of aromatic nitrogens is 3. The molecule has 0 bridgehead atoms. The van der Waals surface area contributed by atoms with Gasteiger partial charge in [0.05, 0.1) is 11.0 Å². The van der Waals surface area contributed by atoms with Crippen molar-refractivity contribution in [2.75, 3.05) is 0 Å². The Hall–Kier alpha value is -1.65. The molecule has 3 nitrogen and oxygen atoms in total. The van der Waals surface area contributed by atoms with Gasteiger partial charge in [-0.15, -0.1) is 0 Å². The summed E-state index contributed by atoms with van der Waals surface area (Å²) >= 11 is 11.4. The van der Waals surface area contributed by atoms with Crippen molar-refractivity contribution in [1.82, 2.24) is 14.5 Å². The van der Waals surface area contributed by atoms with E-state index in [1.54, 1.807) is 6.20 Å². The molecule has 0 atom stereocenters. The average molecular weight is 290 g/mol. The topological polar surface area (TPSA) is 33.6 Å². The number of fused-ring (bicyclic) bond motifs is 1. The Balaban J connectivity index is 1.94. The Kier molecular flexibility index (Phi) is 3.36. The van der Waals surface area contributed by atoms with Crippen LogP contribution >= 0.6 is 23.8 Å². The summed E-state index contributed by atoms with van der Waals surface area (Å²) in [5.41, 5.74) is 3.25. The SMILES string of the molecule is S=c1[nH]c2ccc(Cl)cc2n1CCc1cccnc1. The van der Waals surface area contributed by atoms with Gasteiger partial charge in [0.15, 0.2) is 4.77 Å². The van der Waals surface area contributed by atoms with Gasteiger partial charge < -0.3 is 9.55 Å². The largest absolute Gasteiger partial charge is 0.331 e. The molecule has 5 heteroatoms. The zero-order valence-corrected chi connectivity index (χ0v) is 11.7. The zero-order chi connectivity index (χ0) is 13.2. The van der Waals surface area contributed by atoms with Crippen molar-refractivity contribution in [3.8, 4) is 0 Å². The highest BCUT2D eigenvalue weighted by atomic mass is 35.5. The average Bonchev–Trinajstić information content (AvgIpc) is 2.73. The smallest absolute Gasteiger partial charge is 0.178 e. The summed E-state index contributed by atoms with van der Waals surface area (Å²) < 4.78 is 2.80. The molecule has 0 aliphatic heterocycles. The number of aromatic amines is 1. The number of benzene rings is 1. The molecule has 0 aliphatic carbocycles. The maximum Gasteiger partial charge on any atom is 0.178 e. The summed E-state index contributed by atoms with van der Waals surface area (Å²) in [5, 5.41) is 0.719.